The van der Waals surface area contributed by atoms with Crippen LogP contribution in [0.1, 0.15) is 44.4 Å². The zero-order valence-electron chi connectivity index (χ0n) is 14.0. The minimum Gasteiger partial charge on any atom is -0.480 e. The van der Waals surface area contributed by atoms with Gasteiger partial charge in [-0.1, -0.05) is 49.6 Å². The van der Waals surface area contributed by atoms with Gasteiger partial charge < -0.3 is 14.8 Å². The summed E-state index contributed by atoms with van der Waals surface area (Å²) < 4.78 is 5.68. The molecule has 132 valence electrons. The highest BCUT2D eigenvalue weighted by Gasteiger charge is 2.40. The fourth-order valence-corrected chi connectivity index (χ4v) is 3.26. The van der Waals surface area contributed by atoms with E-state index in [0.717, 1.165) is 24.8 Å². The van der Waals surface area contributed by atoms with E-state index in [1.807, 2.05) is 30.3 Å². The maximum Gasteiger partial charge on any atom is 0.329 e. The summed E-state index contributed by atoms with van der Waals surface area (Å²) in [5.41, 5.74) is -0.182. The molecular formula is C19H22N2O4. The molecule has 1 saturated carbocycles. The quantitative estimate of drug-likeness (QED) is 0.841. The van der Waals surface area contributed by atoms with Crippen LogP contribution in [0.5, 0.6) is 0 Å². The van der Waals surface area contributed by atoms with Gasteiger partial charge in [-0.25, -0.2) is 9.78 Å². The average molecular weight is 342 g/mol. The van der Waals surface area contributed by atoms with Crippen LogP contribution in [0.2, 0.25) is 0 Å². The molecule has 2 aromatic rings. The molecule has 0 saturated heterocycles. The lowest BCUT2D eigenvalue weighted by Crippen LogP contribution is -2.55. The van der Waals surface area contributed by atoms with Crippen molar-refractivity contribution in [2.45, 2.75) is 50.5 Å². The zero-order chi connectivity index (χ0) is 17.7. The molecule has 1 aliphatic rings. The highest BCUT2D eigenvalue weighted by molar-refractivity contribution is 5.87. The predicted molar refractivity (Wildman–Crippen MR) is 91.9 cm³/mol. The van der Waals surface area contributed by atoms with E-state index in [1.165, 1.54) is 0 Å². The van der Waals surface area contributed by atoms with Crippen LogP contribution in [0.15, 0.2) is 40.9 Å². The Morgan fingerprint density at radius 3 is 2.56 bits per heavy atom. The van der Waals surface area contributed by atoms with Gasteiger partial charge in [0.1, 0.15) is 5.54 Å². The SMILES string of the molecule is O=C(CCc1ncc(-c2ccccc2)o1)NC1(C(=O)O)CCCCC1. The van der Waals surface area contributed by atoms with E-state index in [0.29, 0.717) is 30.9 Å². The van der Waals surface area contributed by atoms with E-state index >= 15 is 0 Å². The summed E-state index contributed by atoms with van der Waals surface area (Å²) in [6.07, 6.45) is 5.79. The summed E-state index contributed by atoms with van der Waals surface area (Å²) in [5.74, 6) is -0.0842. The number of aromatic nitrogens is 1. The molecule has 3 rings (SSSR count). The molecule has 1 aromatic heterocycles. The van der Waals surface area contributed by atoms with Crippen LogP contribution in [0.25, 0.3) is 11.3 Å². The van der Waals surface area contributed by atoms with E-state index < -0.39 is 11.5 Å². The van der Waals surface area contributed by atoms with Gasteiger partial charge in [-0.2, -0.15) is 0 Å². The van der Waals surface area contributed by atoms with E-state index in [1.54, 1.807) is 6.20 Å². The summed E-state index contributed by atoms with van der Waals surface area (Å²) in [4.78, 5) is 28.0. The van der Waals surface area contributed by atoms with Gasteiger partial charge in [-0.15, -0.1) is 0 Å². The van der Waals surface area contributed by atoms with Crippen molar-refractivity contribution < 1.29 is 19.1 Å². The Morgan fingerprint density at radius 2 is 1.88 bits per heavy atom. The molecule has 1 heterocycles. The van der Waals surface area contributed by atoms with Crippen molar-refractivity contribution in [3.8, 4) is 11.3 Å². The molecule has 0 aliphatic heterocycles. The number of amides is 1. The Morgan fingerprint density at radius 1 is 1.16 bits per heavy atom. The van der Waals surface area contributed by atoms with Gasteiger partial charge in [0.15, 0.2) is 11.7 Å². The van der Waals surface area contributed by atoms with Crippen LogP contribution < -0.4 is 5.32 Å². The maximum atomic E-state index is 12.2. The first-order chi connectivity index (χ1) is 12.1. The number of carbonyl (C=O) groups excluding carboxylic acids is 1. The lowest BCUT2D eigenvalue weighted by atomic mass is 9.81. The summed E-state index contributed by atoms with van der Waals surface area (Å²) >= 11 is 0. The molecule has 0 spiro atoms. The first-order valence-corrected chi connectivity index (χ1v) is 8.64. The van der Waals surface area contributed by atoms with Gasteiger partial charge >= 0.3 is 5.97 Å². The predicted octanol–water partition coefficient (Wildman–Crippen LogP) is 3.18. The Hall–Kier alpha value is -2.63. The second kappa shape index (κ2) is 7.51. The van der Waals surface area contributed by atoms with Crippen molar-refractivity contribution in [3.63, 3.8) is 0 Å². The molecule has 1 aliphatic carbocycles. The van der Waals surface area contributed by atoms with Gasteiger partial charge in [-0.05, 0) is 12.8 Å². The number of carboxylic acid groups (broad SMARTS) is 1. The maximum absolute atomic E-state index is 12.2. The fraction of sp³-hybridized carbons (Fsp3) is 0.421. The van der Waals surface area contributed by atoms with Gasteiger partial charge in [0.2, 0.25) is 5.91 Å². The molecule has 6 heteroatoms. The number of carbonyl (C=O) groups is 2. The Bertz CT molecular complexity index is 733. The van der Waals surface area contributed by atoms with Gasteiger partial charge in [0.25, 0.3) is 0 Å². The number of oxazole rings is 1. The van der Waals surface area contributed by atoms with Crippen molar-refractivity contribution in [1.29, 1.82) is 0 Å². The van der Waals surface area contributed by atoms with Crippen LogP contribution in [0, 0.1) is 0 Å². The molecule has 2 N–H and O–H groups in total. The first kappa shape index (κ1) is 17.2. The number of aliphatic carboxylic acids is 1. The minimum atomic E-state index is -1.11. The van der Waals surface area contributed by atoms with Gasteiger partial charge in [0, 0.05) is 18.4 Å². The van der Waals surface area contributed by atoms with Gasteiger partial charge in [-0.3, -0.25) is 4.79 Å². The Labute approximate surface area is 146 Å². The third-order valence-corrected chi connectivity index (χ3v) is 4.67. The van der Waals surface area contributed by atoms with Crippen LogP contribution in [-0.4, -0.2) is 27.5 Å². The molecule has 0 unspecified atom stereocenters. The van der Waals surface area contributed by atoms with Crippen molar-refractivity contribution in [2.24, 2.45) is 0 Å². The topological polar surface area (TPSA) is 92.4 Å². The largest absolute Gasteiger partial charge is 0.480 e. The molecule has 0 bridgehead atoms. The number of nitrogens with zero attached hydrogens (tertiary/aromatic N) is 1. The summed E-state index contributed by atoms with van der Waals surface area (Å²) in [6.45, 7) is 0. The lowest BCUT2D eigenvalue weighted by molar-refractivity contribution is -0.149. The van der Waals surface area contributed by atoms with Crippen molar-refractivity contribution in [3.05, 3.63) is 42.4 Å². The fourth-order valence-electron chi connectivity index (χ4n) is 3.26. The number of aryl methyl sites for hydroxylation is 1. The summed E-state index contributed by atoms with van der Waals surface area (Å²) in [5, 5.41) is 12.2. The number of hydrogen-bond donors (Lipinski definition) is 2. The Balaban J connectivity index is 1.57. The number of carboxylic acids is 1. The molecule has 1 aromatic carbocycles. The van der Waals surface area contributed by atoms with Crippen LogP contribution in [0.3, 0.4) is 0 Å². The molecule has 0 atom stereocenters. The van der Waals surface area contributed by atoms with Crippen LogP contribution >= 0.6 is 0 Å². The smallest absolute Gasteiger partial charge is 0.329 e. The molecule has 25 heavy (non-hydrogen) atoms. The molecule has 1 fully saturated rings. The number of benzene rings is 1. The van der Waals surface area contributed by atoms with Crippen molar-refractivity contribution >= 4 is 11.9 Å². The highest BCUT2D eigenvalue weighted by atomic mass is 16.4. The molecular weight excluding hydrogens is 320 g/mol. The standard InChI is InChI=1S/C19H22N2O4/c22-16(21-19(18(23)24)11-5-2-6-12-19)9-10-17-20-13-15(25-17)14-7-3-1-4-8-14/h1,3-4,7-8,13H,2,5-6,9-12H2,(H,21,22)(H,23,24). The first-order valence-electron chi connectivity index (χ1n) is 8.64. The van der Waals surface area contributed by atoms with Crippen molar-refractivity contribution in [2.75, 3.05) is 0 Å². The van der Waals surface area contributed by atoms with E-state index in [9.17, 15) is 14.7 Å². The summed E-state index contributed by atoms with van der Waals surface area (Å²) in [7, 11) is 0. The third kappa shape index (κ3) is 4.07. The molecule has 1 amide bonds. The lowest BCUT2D eigenvalue weighted by Gasteiger charge is -2.33. The molecule has 0 radical (unpaired) electrons. The van der Waals surface area contributed by atoms with Crippen molar-refractivity contribution in [1.82, 2.24) is 10.3 Å². The number of hydrogen-bond acceptors (Lipinski definition) is 4. The number of rotatable bonds is 6. The van der Waals surface area contributed by atoms with E-state index in [2.05, 4.69) is 10.3 Å². The number of nitrogens with one attached hydrogen (secondary N) is 1. The Kier molecular flexibility index (Phi) is 5.16. The van der Waals surface area contributed by atoms with Crippen LogP contribution in [0.4, 0.5) is 0 Å². The monoisotopic (exact) mass is 342 g/mol. The van der Waals surface area contributed by atoms with Gasteiger partial charge in [0.05, 0.1) is 6.20 Å². The second-order valence-corrected chi connectivity index (χ2v) is 6.48. The average Bonchev–Trinajstić information content (AvgIpc) is 3.10. The third-order valence-electron chi connectivity index (χ3n) is 4.67. The normalized spacial score (nSPS) is 16.3. The summed E-state index contributed by atoms with van der Waals surface area (Å²) in [6, 6.07) is 9.61. The highest BCUT2D eigenvalue weighted by Crippen LogP contribution is 2.28. The molecule has 6 nitrogen and oxygen atoms in total. The minimum absolute atomic E-state index is 0.157. The van der Waals surface area contributed by atoms with E-state index in [4.69, 9.17) is 4.42 Å². The second-order valence-electron chi connectivity index (χ2n) is 6.48. The van der Waals surface area contributed by atoms with Crippen LogP contribution in [-0.2, 0) is 16.0 Å². The zero-order valence-corrected chi connectivity index (χ0v) is 14.0. The van der Waals surface area contributed by atoms with E-state index in [-0.39, 0.29) is 12.3 Å².